The van der Waals surface area contributed by atoms with Crippen molar-refractivity contribution in [1.29, 1.82) is 0 Å². The van der Waals surface area contributed by atoms with Crippen LogP contribution < -0.4 is 10.1 Å². The number of rotatable bonds is 8. The summed E-state index contributed by atoms with van der Waals surface area (Å²) in [4.78, 5) is 23.8. The molecule has 0 aromatic heterocycles. The number of carbonyl (C=O) groups is 2. The molecule has 0 spiro atoms. The molecule has 5 nitrogen and oxygen atoms in total. The van der Waals surface area contributed by atoms with Gasteiger partial charge in [-0.05, 0) is 47.9 Å². The summed E-state index contributed by atoms with van der Waals surface area (Å²) in [6.07, 6.45) is 0.248. The number of anilines is 1. The molecule has 2 N–H and O–H groups in total. The molecule has 3 aromatic rings. The van der Waals surface area contributed by atoms with Crippen LogP contribution in [0.25, 0.3) is 0 Å². The zero-order valence-corrected chi connectivity index (χ0v) is 15.3. The Morgan fingerprint density at radius 3 is 2.25 bits per heavy atom. The third-order valence-electron chi connectivity index (χ3n) is 4.21. The molecule has 0 bridgehead atoms. The predicted molar refractivity (Wildman–Crippen MR) is 108 cm³/mol. The molecule has 0 radical (unpaired) electrons. The van der Waals surface area contributed by atoms with E-state index >= 15 is 0 Å². The lowest BCUT2D eigenvalue weighted by Crippen LogP contribution is -2.15. The summed E-state index contributed by atoms with van der Waals surface area (Å²) in [5.74, 6) is -0.424. The fraction of sp³-hybridized carbons (Fsp3) is 0.130. The number of aliphatic carboxylic acids is 1. The van der Waals surface area contributed by atoms with E-state index < -0.39 is 5.97 Å². The second kappa shape index (κ2) is 9.37. The van der Waals surface area contributed by atoms with E-state index in [4.69, 9.17) is 9.84 Å². The third kappa shape index (κ3) is 5.45. The van der Waals surface area contributed by atoms with Crippen LogP contribution in [-0.2, 0) is 17.8 Å². The molecule has 0 aliphatic heterocycles. The topological polar surface area (TPSA) is 75.6 Å². The maximum Gasteiger partial charge on any atom is 0.303 e. The van der Waals surface area contributed by atoms with E-state index in [0.717, 1.165) is 11.3 Å². The predicted octanol–water partition coefficient (Wildman–Crippen LogP) is 4.54. The maximum atomic E-state index is 12.8. The number of benzene rings is 3. The summed E-state index contributed by atoms with van der Waals surface area (Å²) < 4.78 is 5.76. The number of carboxylic acid groups (broad SMARTS) is 1. The molecule has 0 fully saturated rings. The molecule has 28 heavy (non-hydrogen) atoms. The van der Waals surface area contributed by atoms with Crippen LogP contribution in [0.2, 0.25) is 0 Å². The minimum atomic E-state index is -0.897. The molecule has 5 heteroatoms. The van der Waals surface area contributed by atoms with Gasteiger partial charge in [-0.25, -0.2) is 0 Å². The number of carbonyl (C=O) groups excluding carboxylic acids is 1. The summed E-state index contributed by atoms with van der Waals surface area (Å²) >= 11 is 0. The van der Waals surface area contributed by atoms with Crippen molar-refractivity contribution in [2.45, 2.75) is 19.4 Å². The molecule has 0 aliphatic rings. The first-order valence-electron chi connectivity index (χ1n) is 8.99. The summed E-state index contributed by atoms with van der Waals surface area (Å²) in [5, 5.41) is 11.8. The average Bonchev–Trinajstić information content (AvgIpc) is 2.72. The average molecular weight is 375 g/mol. The van der Waals surface area contributed by atoms with Crippen LogP contribution in [-0.4, -0.2) is 17.0 Å². The molecule has 0 heterocycles. The van der Waals surface area contributed by atoms with Crippen molar-refractivity contribution in [1.82, 2.24) is 0 Å². The number of ether oxygens (including phenoxy) is 1. The van der Waals surface area contributed by atoms with Crippen LogP contribution in [0.1, 0.15) is 27.9 Å². The Balaban J connectivity index is 1.80. The Bertz CT molecular complexity index is 939. The monoisotopic (exact) mass is 375 g/mol. The SMILES string of the molecule is O=C(O)CCc1ccc(COc2ccccc2)cc1C(=O)Nc1ccccc1. The minimum Gasteiger partial charge on any atom is -0.489 e. The van der Waals surface area contributed by atoms with Crippen molar-refractivity contribution in [3.05, 3.63) is 95.6 Å². The Morgan fingerprint density at radius 2 is 1.57 bits per heavy atom. The van der Waals surface area contributed by atoms with E-state index in [1.54, 1.807) is 24.3 Å². The largest absolute Gasteiger partial charge is 0.489 e. The van der Waals surface area contributed by atoms with Crippen LogP contribution >= 0.6 is 0 Å². The lowest BCUT2D eigenvalue weighted by Gasteiger charge is -2.13. The van der Waals surface area contributed by atoms with Crippen LogP contribution in [0, 0.1) is 0 Å². The molecule has 1 amide bonds. The molecular formula is C23H21NO4. The highest BCUT2D eigenvalue weighted by atomic mass is 16.5. The molecular weight excluding hydrogens is 354 g/mol. The first-order chi connectivity index (χ1) is 13.6. The van der Waals surface area contributed by atoms with Crippen molar-refractivity contribution < 1.29 is 19.4 Å². The number of hydrogen-bond donors (Lipinski definition) is 2. The van der Waals surface area contributed by atoms with Gasteiger partial charge in [0, 0.05) is 17.7 Å². The summed E-state index contributed by atoms with van der Waals surface area (Å²) in [7, 11) is 0. The van der Waals surface area contributed by atoms with E-state index in [9.17, 15) is 9.59 Å². The van der Waals surface area contributed by atoms with Gasteiger partial charge in [-0.15, -0.1) is 0 Å². The van der Waals surface area contributed by atoms with Gasteiger partial charge < -0.3 is 15.2 Å². The second-order valence-electron chi connectivity index (χ2n) is 6.31. The number of hydrogen-bond acceptors (Lipinski definition) is 3. The van der Waals surface area contributed by atoms with Gasteiger partial charge in [0.05, 0.1) is 0 Å². The zero-order chi connectivity index (χ0) is 19.8. The van der Waals surface area contributed by atoms with Crippen LogP contribution in [0.15, 0.2) is 78.9 Å². The smallest absolute Gasteiger partial charge is 0.303 e. The summed E-state index contributed by atoms with van der Waals surface area (Å²) in [5.41, 5.74) is 2.67. The molecule has 3 aromatic carbocycles. The van der Waals surface area contributed by atoms with Crippen molar-refractivity contribution in [2.75, 3.05) is 5.32 Å². The molecule has 0 aliphatic carbocycles. The van der Waals surface area contributed by atoms with Gasteiger partial charge in [0.25, 0.3) is 5.91 Å². The molecule has 142 valence electrons. The quantitative estimate of drug-likeness (QED) is 0.606. The van der Waals surface area contributed by atoms with E-state index in [1.165, 1.54) is 0 Å². The summed E-state index contributed by atoms with van der Waals surface area (Å²) in [6, 6.07) is 24.0. The fourth-order valence-corrected chi connectivity index (χ4v) is 2.79. The Hall–Kier alpha value is -3.60. The lowest BCUT2D eigenvalue weighted by atomic mass is 9.99. The highest BCUT2D eigenvalue weighted by molar-refractivity contribution is 6.05. The molecule has 0 unspecified atom stereocenters. The van der Waals surface area contributed by atoms with Crippen molar-refractivity contribution in [3.8, 4) is 5.75 Å². The zero-order valence-electron chi connectivity index (χ0n) is 15.3. The van der Waals surface area contributed by atoms with Gasteiger partial charge in [-0.3, -0.25) is 9.59 Å². The molecule has 0 saturated heterocycles. The number of aryl methyl sites for hydroxylation is 1. The fourth-order valence-electron chi connectivity index (χ4n) is 2.79. The standard InChI is InChI=1S/C23H21NO4/c25-22(26)14-13-18-12-11-17(16-28-20-9-5-2-6-10-20)15-21(18)23(27)24-19-7-3-1-4-8-19/h1-12,15H,13-14,16H2,(H,24,27)(H,25,26). The van der Waals surface area contributed by atoms with E-state index in [1.807, 2.05) is 54.6 Å². The lowest BCUT2D eigenvalue weighted by molar-refractivity contribution is -0.136. The number of amides is 1. The Labute approximate surface area is 163 Å². The number of para-hydroxylation sites is 2. The van der Waals surface area contributed by atoms with Crippen molar-refractivity contribution >= 4 is 17.6 Å². The van der Waals surface area contributed by atoms with Crippen LogP contribution in [0.5, 0.6) is 5.75 Å². The first kappa shape index (κ1) is 19.2. The van der Waals surface area contributed by atoms with E-state index in [2.05, 4.69) is 5.32 Å². The van der Waals surface area contributed by atoms with Gasteiger partial charge >= 0.3 is 5.97 Å². The third-order valence-corrected chi connectivity index (χ3v) is 4.21. The number of carboxylic acids is 1. The van der Waals surface area contributed by atoms with Crippen LogP contribution in [0.3, 0.4) is 0 Å². The Morgan fingerprint density at radius 1 is 0.893 bits per heavy atom. The van der Waals surface area contributed by atoms with Crippen molar-refractivity contribution in [2.24, 2.45) is 0 Å². The van der Waals surface area contributed by atoms with Crippen LogP contribution in [0.4, 0.5) is 5.69 Å². The second-order valence-corrected chi connectivity index (χ2v) is 6.31. The molecule has 3 rings (SSSR count). The highest BCUT2D eigenvalue weighted by Gasteiger charge is 2.14. The van der Waals surface area contributed by atoms with Gasteiger partial charge in [-0.2, -0.15) is 0 Å². The Kier molecular flexibility index (Phi) is 6.41. The minimum absolute atomic E-state index is 0.0362. The van der Waals surface area contributed by atoms with Crippen molar-refractivity contribution in [3.63, 3.8) is 0 Å². The van der Waals surface area contributed by atoms with E-state index in [0.29, 0.717) is 23.4 Å². The number of nitrogens with one attached hydrogen (secondary N) is 1. The summed E-state index contributed by atoms with van der Waals surface area (Å²) in [6.45, 7) is 0.314. The maximum absolute atomic E-state index is 12.8. The van der Waals surface area contributed by atoms with E-state index in [-0.39, 0.29) is 18.7 Å². The van der Waals surface area contributed by atoms with Gasteiger partial charge in [0.2, 0.25) is 0 Å². The van der Waals surface area contributed by atoms with Gasteiger partial charge in [-0.1, -0.05) is 48.5 Å². The molecule has 0 atom stereocenters. The van der Waals surface area contributed by atoms with Gasteiger partial charge in [0.15, 0.2) is 0 Å². The normalized spacial score (nSPS) is 10.3. The highest BCUT2D eigenvalue weighted by Crippen LogP contribution is 2.19. The molecule has 0 saturated carbocycles. The van der Waals surface area contributed by atoms with Gasteiger partial charge in [0.1, 0.15) is 12.4 Å². The first-order valence-corrected chi connectivity index (χ1v) is 8.99.